The number of imidazole rings is 1. The lowest BCUT2D eigenvalue weighted by molar-refractivity contribution is -0.0283. The highest BCUT2D eigenvalue weighted by atomic mass is 19.1. The number of nitrogens with zero attached hydrogens (tertiary/aromatic N) is 7. The largest absolute Gasteiger partial charge is 0.388 e. The molecule has 2 aromatic carbocycles. The summed E-state index contributed by atoms with van der Waals surface area (Å²) in [5.41, 5.74) is 4.37. The Morgan fingerprint density at radius 1 is 1.03 bits per heavy atom. The Morgan fingerprint density at radius 3 is 2.57 bits per heavy atom. The van der Waals surface area contributed by atoms with Crippen molar-refractivity contribution in [1.29, 1.82) is 0 Å². The molecule has 37 heavy (non-hydrogen) atoms. The highest BCUT2D eigenvalue weighted by Gasteiger charge is 2.32. The number of fused-ring (bicyclic) bond motifs is 2. The molecule has 6 rings (SSSR count). The third-order valence-corrected chi connectivity index (χ3v) is 7.43. The van der Waals surface area contributed by atoms with E-state index in [0.29, 0.717) is 41.7 Å². The molecule has 3 aromatic heterocycles. The fourth-order valence-corrected chi connectivity index (χ4v) is 5.21. The van der Waals surface area contributed by atoms with Gasteiger partial charge < -0.3 is 14.6 Å². The molecule has 9 heteroatoms. The number of rotatable bonds is 4. The van der Waals surface area contributed by atoms with Gasteiger partial charge in [0.15, 0.2) is 0 Å². The fourth-order valence-electron chi connectivity index (χ4n) is 5.21. The predicted molar refractivity (Wildman–Crippen MR) is 141 cm³/mol. The second-order valence-corrected chi connectivity index (χ2v) is 9.94. The van der Waals surface area contributed by atoms with E-state index in [0.717, 1.165) is 35.1 Å². The zero-order valence-corrected chi connectivity index (χ0v) is 20.7. The molecule has 1 fully saturated rings. The number of pyridine rings is 1. The molecule has 8 nitrogen and oxygen atoms in total. The fraction of sp³-hybridized carbons (Fsp3) is 0.286. The molecule has 1 aliphatic heterocycles. The molecule has 0 radical (unpaired) electrons. The molecular formula is C28H26FN7O. The number of aliphatic hydroxyl groups is 1. The molecule has 0 saturated carbocycles. The zero-order chi connectivity index (χ0) is 25.7. The quantitative estimate of drug-likeness (QED) is 0.363. The van der Waals surface area contributed by atoms with Gasteiger partial charge >= 0.3 is 0 Å². The molecule has 1 aliphatic rings. The highest BCUT2D eigenvalue weighted by molar-refractivity contribution is 6.00. The zero-order valence-electron chi connectivity index (χ0n) is 20.7. The first-order valence-electron chi connectivity index (χ1n) is 12.2. The van der Waals surface area contributed by atoms with Gasteiger partial charge in [0.2, 0.25) is 5.69 Å². The normalized spacial score (nSPS) is 15.9. The molecule has 0 unspecified atom stereocenters. The first-order chi connectivity index (χ1) is 17.8. The van der Waals surface area contributed by atoms with Crippen LogP contribution < -0.4 is 0 Å². The Hall–Kier alpha value is -4.13. The van der Waals surface area contributed by atoms with E-state index in [1.54, 1.807) is 24.8 Å². The van der Waals surface area contributed by atoms with E-state index in [1.807, 2.05) is 34.5 Å². The van der Waals surface area contributed by atoms with Crippen LogP contribution in [0.1, 0.15) is 12.8 Å². The second-order valence-electron chi connectivity index (χ2n) is 9.94. The smallest absolute Gasteiger partial charge is 0.222 e. The molecule has 5 aromatic rings. The van der Waals surface area contributed by atoms with Gasteiger partial charge in [0.05, 0.1) is 54.2 Å². The third-order valence-electron chi connectivity index (χ3n) is 7.43. The Bertz CT molecular complexity index is 1690. The molecule has 0 aliphatic carbocycles. The molecule has 1 saturated heterocycles. The van der Waals surface area contributed by atoms with Crippen molar-refractivity contribution < 1.29 is 9.50 Å². The minimum Gasteiger partial charge on any atom is -0.388 e. The SMILES string of the molecule is [C-]#[N+]c1ccc(-c2c(-c3ccc4c(cnn4C)c3)ncc3c2ncn3CC2(O)CCN(C)CC2)cc1F. The number of hydrogen-bond acceptors (Lipinski definition) is 5. The van der Waals surface area contributed by atoms with E-state index in [2.05, 4.69) is 21.9 Å². The van der Waals surface area contributed by atoms with Crippen molar-refractivity contribution in [3.8, 4) is 22.4 Å². The van der Waals surface area contributed by atoms with Crippen molar-refractivity contribution in [2.45, 2.75) is 25.0 Å². The monoisotopic (exact) mass is 495 g/mol. The first kappa shape index (κ1) is 23.3. The lowest BCUT2D eigenvalue weighted by Gasteiger charge is -2.36. The molecule has 0 amide bonds. The summed E-state index contributed by atoms with van der Waals surface area (Å²) in [6.07, 6.45) is 6.66. The maximum atomic E-state index is 14.8. The standard InChI is InChI=1S/C28H26FN7O/c1-30-22-6-4-18(13-21(22)29)25-26(19-5-7-23-20(12-19)14-33-35(23)3)31-15-24-27(25)32-17-36(24)16-28(37)8-10-34(2)11-9-28/h4-7,12-15,17,37H,8-11,16H2,2-3H3. The third kappa shape index (κ3) is 4.04. The summed E-state index contributed by atoms with van der Waals surface area (Å²) in [4.78, 5) is 15.1. The molecule has 4 heterocycles. The molecule has 186 valence electrons. The minimum atomic E-state index is -0.826. The van der Waals surface area contributed by atoms with Gasteiger partial charge in [-0.15, -0.1) is 0 Å². The predicted octanol–water partition coefficient (Wildman–Crippen LogP) is 4.80. The Kier molecular flexibility index (Phi) is 5.51. The average molecular weight is 496 g/mol. The van der Waals surface area contributed by atoms with Crippen molar-refractivity contribution in [3.63, 3.8) is 0 Å². The van der Waals surface area contributed by atoms with Gasteiger partial charge in [-0.1, -0.05) is 18.2 Å². The van der Waals surface area contributed by atoms with E-state index < -0.39 is 11.4 Å². The maximum Gasteiger partial charge on any atom is 0.222 e. The number of likely N-dealkylation sites (tertiary alicyclic amines) is 1. The number of halogens is 1. The second kappa shape index (κ2) is 8.76. The number of benzene rings is 2. The van der Waals surface area contributed by atoms with Gasteiger partial charge in [-0.2, -0.15) is 5.10 Å². The Balaban J connectivity index is 1.52. The number of piperidine rings is 1. The summed E-state index contributed by atoms with van der Waals surface area (Å²) in [5, 5.41) is 16.6. The van der Waals surface area contributed by atoms with Crippen LogP contribution in [-0.2, 0) is 13.6 Å². The van der Waals surface area contributed by atoms with Gasteiger partial charge in [0, 0.05) is 36.7 Å². The van der Waals surface area contributed by atoms with Gasteiger partial charge in [-0.25, -0.2) is 14.2 Å². The van der Waals surface area contributed by atoms with E-state index in [1.165, 1.54) is 12.1 Å². The van der Waals surface area contributed by atoms with E-state index in [-0.39, 0.29) is 5.69 Å². The lowest BCUT2D eigenvalue weighted by Crippen LogP contribution is -2.45. The van der Waals surface area contributed by atoms with Crippen molar-refractivity contribution in [2.24, 2.45) is 7.05 Å². The van der Waals surface area contributed by atoms with Crippen molar-refractivity contribution in [3.05, 3.63) is 72.4 Å². The van der Waals surface area contributed by atoms with Gasteiger partial charge in [0.1, 0.15) is 11.3 Å². The summed E-state index contributed by atoms with van der Waals surface area (Å²) in [5.74, 6) is -0.585. The summed E-state index contributed by atoms with van der Waals surface area (Å²) in [6.45, 7) is 9.30. The van der Waals surface area contributed by atoms with Gasteiger partial charge in [-0.05, 0) is 43.7 Å². The van der Waals surface area contributed by atoms with Crippen LogP contribution in [0.2, 0.25) is 0 Å². The van der Waals surface area contributed by atoms with Crippen LogP contribution in [0.5, 0.6) is 0 Å². The minimum absolute atomic E-state index is 0.0303. The molecular weight excluding hydrogens is 469 g/mol. The van der Waals surface area contributed by atoms with Crippen LogP contribution in [0.3, 0.4) is 0 Å². The average Bonchev–Trinajstić information content (AvgIpc) is 3.48. The van der Waals surface area contributed by atoms with Gasteiger partial charge in [0.25, 0.3) is 0 Å². The summed E-state index contributed by atoms with van der Waals surface area (Å²) < 4.78 is 18.5. The van der Waals surface area contributed by atoms with E-state index in [4.69, 9.17) is 16.5 Å². The van der Waals surface area contributed by atoms with Crippen LogP contribution >= 0.6 is 0 Å². The molecule has 0 atom stereocenters. The van der Waals surface area contributed by atoms with Crippen molar-refractivity contribution in [2.75, 3.05) is 20.1 Å². The van der Waals surface area contributed by atoms with Crippen LogP contribution in [0.15, 0.2) is 55.1 Å². The maximum absolute atomic E-state index is 14.8. The topological polar surface area (TPSA) is 76.4 Å². The summed E-state index contributed by atoms with van der Waals surface area (Å²) in [7, 11) is 3.95. The highest BCUT2D eigenvalue weighted by Crippen LogP contribution is 2.38. The first-order valence-corrected chi connectivity index (χ1v) is 12.2. The number of aromatic nitrogens is 5. The van der Waals surface area contributed by atoms with Crippen LogP contribution in [-0.4, -0.2) is 60.1 Å². The number of aryl methyl sites for hydroxylation is 1. The molecule has 1 N–H and O–H groups in total. The van der Waals surface area contributed by atoms with Crippen LogP contribution in [0.4, 0.5) is 10.1 Å². The van der Waals surface area contributed by atoms with Crippen LogP contribution in [0, 0.1) is 12.4 Å². The molecule has 0 spiro atoms. The Morgan fingerprint density at radius 2 is 1.81 bits per heavy atom. The summed E-state index contributed by atoms with van der Waals surface area (Å²) >= 11 is 0. The Labute approximate surface area is 213 Å². The van der Waals surface area contributed by atoms with E-state index >= 15 is 0 Å². The van der Waals surface area contributed by atoms with Gasteiger partial charge in [-0.3, -0.25) is 9.67 Å². The number of hydrogen-bond donors (Lipinski definition) is 1. The van der Waals surface area contributed by atoms with Crippen LogP contribution in [0.25, 0.3) is 49.2 Å². The van der Waals surface area contributed by atoms with Crippen molar-refractivity contribution in [1.82, 2.24) is 29.2 Å². The lowest BCUT2D eigenvalue weighted by atomic mass is 9.91. The van der Waals surface area contributed by atoms with Crippen molar-refractivity contribution >= 4 is 27.6 Å². The molecule has 0 bridgehead atoms. The summed E-state index contributed by atoms with van der Waals surface area (Å²) in [6, 6.07) is 10.6. The van der Waals surface area contributed by atoms with E-state index in [9.17, 15) is 9.50 Å².